The summed E-state index contributed by atoms with van der Waals surface area (Å²) in [4.78, 5) is 51.2. The van der Waals surface area contributed by atoms with Gasteiger partial charge in [0.1, 0.15) is 35.2 Å². The Morgan fingerprint density at radius 3 is 2.86 bits per heavy atom. The molecule has 2 aliphatic rings. The lowest BCUT2D eigenvalue weighted by molar-refractivity contribution is -0.681. The molecule has 2 aromatic rings. The summed E-state index contributed by atoms with van der Waals surface area (Å²) in [5.74, 6) is 4.01. The van der Waals surface area contributed by atoms with E-state index in [1.54, 1.807) is 5.38 Å². The van der Waals surface area contributed by atoms with E-state index in [4.69, 9.17) is 27.9 Å². The first-order valence-electron chi connectivity index (χ1n) is 10.1. The number of carbonyl (C=O) groups excluding carboxylic acids is 2. The van der Waals surface area contributed by atoms with E-state index in [0.717, 1.165) is 18.0 Å². The van der Waals surface area contributed by atoms with Gasteiger partial charge >= 0.3 is 11.1 Å². The van der Waals surface area contributed by atoms with Gasteiger partial charge in [0.2, 0.25) is 0 Å². The molecule has 10 N–H and O–H groups in total. The lowest BCUT2D eigenvalue weighted by atomic mass is 10.0. The van der Waals surface area contributed by atoms with Crippen LogP contribution in [0.15, 0.2) is 33.2 Å². The molecule has 1 saturated heterocycles. The van der Waals surface area contributed by atoms with Crippen LogP contribution in [0.4, 0.5) is 16.6 Å². The number of aromatic nitrogens is 3. The second-order valence-corrected chi connectivity index (χ2v) is 10.3. The third-order valence-electron chi connectivity index (χ3n) is 4.96. The summed E-state index contributed by atoms with van der Waals surface area (Å²) in [6.07, 6.45) is 2.29. The molecule has 0 aliphatic carbocycles. The zero-order valence-electron chi connectivity index (χ0n) is 18.4. The standard InChI is InChI=1S/C18H20N10O5S3/c19-9-2-27(22)18(26-13(9)20)36-5-7-4-34-15-11(14(30)28(15)12(7)16(31)32)25-10(29)1-23-33-3-8-6-35-17(21)24-8/h1-2,6,11,15,20H,3-5,19,22H2,(H4,21,24,25,29,31,32)/p+1/b23-1-. The van der Waals surface area contributed by atoms with Crippen LogP contribution >= 0.6 is 34.9 Å². The summed E-state index contributed by atoms with van der Waals surface area (Å²) in [7, 11) is 0. The number of carboxylic acids is 1. The van der Waals surface area contributed by atoms with E-state index >= 15 is 0 Å². The highest BCUT2D eigenvalue weighted by molar-refractivity contribution is 8.01. The van der Waals surface area contributed by atoms with Crippen molar-refractivity contribution in [2.75, 3.05) is 34.5 Å². The van der Waals surface area contributed by atoms with Crippen LogP contribution in [0.2, 0.25) is 0 Å². The smallest absolute Gasteiger partial charge is 0.384 e. The molecule has 1 fully saturated rings. The Hall–Kier alpha value is -3.77. The van der Waals surface area contributed by atoms with Gasteiger partial charge < -0.3 is 32.5 Å². The van der Waals surface area contributed by atoms with E-state index in [2.05, 4.69) is 20.4 Å². The number of thioether (sulfide) groups is 2. The van der Waals surface area contributed by atoms with E-state index in [1.165, 1.54) is 38.9 Å². The Bertz CT molecular complexity index is 1280. The molecule has 0 spiro atoms. The lowest BCUT2D eigenvalue weighted by Gasteiger charge is -2.49. The molecule has 0 saturated carbocycles. The molecule has 4 rings (SSSR count). The Morgan fingerprint density at radius 2 is 2.17 bits per heavy atom. The molecule has 2 atom stereocenters. The number of aliphatic carboxylic acids is 1. The number of carboxylic acid groups (broad SMARTS) is 1. The Morgan fingerprint density at radius 1 is 1.39 bits per heavy atom. The third kappa shape index (κ3) is 5.24. The molecule has 2 aromatic heterocycles. The van der Waals surface area contributed by atoms with Crippen LogP contribution in [-0.2, 0) is 25.8 Å². The fourth-order valence-corrected chi connectivity index (χ4v) is 6.25. The molecule has 18 heteroatoms. The first-order chi connectivity index (χ1) is 17.2. The summed E-state index contributed by atoms with van der Waals surface area (Å²) in [6.45, 7) is 0.0300. The van der Waals surface area contributed by atoms with Gasteiger partial charge in [0.05, 0.1) is 5.69 Å². The number of anilines is 3. The van der Waals surface area contributed by atoms with E-state index in [0.29, 0.717) is 27.3 Å². The largest absolute Gasteiger partial charge is 0.477 e. The van der Waals surface area contributed by atoms with E-state index in [9.17, 15) is 19.5 Å². The van der Waals surface area contributed by atoms with Gasteiger partial charge in [-0.2, -0.15) is 0 Å². The normalized spacial score (nSPS) is 19.2. The van der Waals surface area contributed by atoms with Crippen LogP contribution in [0.1, 0.15) is 5.69 Å². The molecule has 0 radical (unpaired) electrons. The fourth-order valence-electron chi connectivity index (χ4n) is 3.32. The maximum absolute atomic E-state index is 12.8. The van der Waals surface area contributed by atoms with Gasteiger partial charge in [-0.1, -0.05) is 5.16 Å². The molecule has 0 aromatic carbocycles. The van der Waals surface area contributed by atoms with E-state index in [-0.39, 0.29) is 29.6 Å². The van der Waals surface area contributed by atoms with Gasteiger partial charge in [-0.05, 0) is 22.3 Å². The summed E-state index contributed by atoms with van der Waals surface area (Å²) >= 11 is 3.73. The van der Waals surface area contributed by atoms with Crippen LogP contribution in [-0.4, -0.2) is 66.9 Å². The van der Waals surface area contributed by atoms with E-state index in [1.807, 2.05) is 0 Å². The topological polar surface area (TPSA) is 242 Å². The lowest BCUT2D eigenvalue weighted by Crippen LogP contribution is -2.70. The number of nitrogens with two attached hydrogens (primary N) is 4. The second kappa shape index (κ2) is 10.5. The average Bonchev–Trinajstić information content (AvgIpc) is 3.25. The number of hydrogen-bond acceptors (Lipinski definition) is 14. The second-order valence-electron chi connectivity index (χ2n) is 7.40. The molecule has 0 bridgehead atoms. The Labute approximate surface area is 215 Å². The highest BCUT2D eigenvalue weighted by atomic mass is 32.2. The van der Waals surface area contributed by atoms with Gasteiger partial charge in [-0.15, -0.1) is 27.8 Å². The molecule has 2 amide bonds. The molecule has 190 valence electrons. The number of carbonyl (C=O) groups is 3. The van der Waals surface area contributed by atoms with Crippen LogP contribution < -0.4 is 33.0 Å². The quantitative estimate of drug-likeness (QED) is 0.0387. The number of nitrogens with one attached hydrogen (secondary N) is 1. The maximum Gasteiger partial charge on any atom is 0.384 e. The van der Waals surface area contributed by atoms with Crippen LogP contribution in [0.5, 0.6) is 0 Å². The van der Waals surface area contributed by atoms with Crippen molar-refractivity contribution in [2.24, 2.45) is 5.16 Å². The first kappa shape index (κ1) is 25.3. The van der Waals surface area contributed by atoms with Crippen LogP contribution in [0.25, 0.3) is 0 Å². The molecule has 4 heterocycles. The van der Waals surface area contributed by atoms with Gasteiger partial charge in [0.15, 0.2) is 11.7 Å². The van der Waals surface area contributed by atoms with E-state index < -0.39 is 29.2 Å². The van der Waals surface area contributed by atoms with Crippen molar-refractivity contribution in [3.05, 3.63) is 28.5 Å². The monoisotopic (exact) mass is 553 g/mol. The first-order valence-corrected chi connectivity index (χ1v) is 13.0. The minimum atomic E-state index is -1.25. The van der Waals surface area contributed by atoms with Crippen molar-refractivity contribution >= 4 is 75.5 Å². The number of hydrogen-bond donors (Lipinski definition) is 6. The fraction of sp³-hybridized carbons (Fsp3) is 0.278. The van der Waals surface area contributed by atoms with Crippen LogP contribution in [0.3, 0.4) is 0 Å². The highest BCUT2D eigenvalue weighted by Crippen LogP contribution is 2.41. The summed E-state index contributed by atoms with van der Waals surface area (Å²) < 4.78 is 1.19. The number of fused-ring (bicyclic) bond motifs is 1. The molecular formula is C18H21N10O5S3+. The van der Waals surface area contributed by atoms with Gasteiger partial charge in [0.25, 0.3) is 17.6 Å². The summed E-state index contributed by atoms with van der Waals surface area (Å²) in [6, 6.07) is -0.902. The molecule has 2 aliphatic heterocycles. The number of amides is 2. The SMILES string of the molecule is Nc1nc(CO/N=C\C(=O)NC2C(=O)N3C(C(=O)O)=C(CSc4nc(N)c(N)c[n+]4N)CSC23)cs1. The minimum Gasteiger partial charge on any atom is -0.477 e. The van der Waals surface area contributed by atoms with Crippen molar-refractivity contribution in [3.8, 4) is 0 Å². The predicted octanol–water partition coefficient (Wildman–Crippen LogP) is -1.68. The molecular weight excluding hydrogens is 532 g/mol. The van der Waals surface area contributed by atoms with Gasteiger partial charge in [0, 0.05) is 16.9 Å². The zero-order chi connectivity index (χ0) is 26.0. The van der Waals surface area contributed by atoms with Crippen molar-refractivity contribution in [3.63, 3.8) is 0 Å². The summed E-state index contributed by atoms with van der Waals surface area (Å²) in [5.41, 5.74) is 18.1. The average molecular weight is 554 g/mol. The van der Waals surface area contributed by atoms with Crippen molar-refractivity contribution in [2.45, 2.75) is 23.2 Å². The maximum atomic E-state index is 12.8. The molecule has 36 heavy (non-hydrogen) atoms. The van der Waals surface area contributed by atoms with Crippen molar-refractivity contribution < 1.29 is 29.0 Å². The molecule has 2 unspecified atom stereocenters. The number of thiazole rings is 1. The van der Waals surface area contributed by atoms with Crippen molar-refractivity contribution in [1.29, 1.82) is 0 Å². The molecule has 15 nitrogen and oxygen atoms in total. The predicted molar refractivity (Wildman–Crippen MR) is 134 cm³/mol. The van der Waals surface area contributed by atoms with Gasteiger partial charge in [-0.25, -0.2) is 9.78 Å². The Balaban J connectivity index is 1.37. The summed E-state index contributed by atoms with van der Waals surface area (Å²) in [5, 5.41) is 17.7. The number of nitrogens with zero attached hydrogens (tertiary/aromatic N) is 5. The van der Waals surface area contributed by atoms with Crippen molar-refractivity contribution in [1.82, 2.24) is 20.2 Å². The number of β-lactam (4-membered cyclic amide) rings is 1. The highest BCUT2D eigenvalue weighted by Gasteiger charge is 2.54. The minimum absolute atomic E-state index is 0.0300. The number of rotatable bonds is 9. The van der Waals surface area contributed by atoms with Crippen LogP contribution in [0, 0.1) is 0 Å². The number of nitrogen functional groups attached to an aromatic ring is 4. The Kier molecular flexibility index (Phi) is 7.36. The van der Waals surface area contributed by atoms with Gasteiger partial charge in [-0.3, -0.25) is 20.3 Å². The third-order valence-corrected chi connectivity index (χ3v) is 8.08. The number of oxime groups is 1. The zero-order valence-corrected chi connectivity index (χ0v) is 20.8.